The molecular formula is C44H66N6O9S. The molecule has 2 heterocycles. The molecule has 0 spiro atoms. The Hall–Kier alpha value is -4.47. The third kappa shape index (κ3) is 11.5. The van der Waals surface area contributed by atoms with Crippen LogP contribution in [0.4, 0.5) is 9.59 Å². The first kappa shape index (κ1) is 46.6. The minimum absolute atomic E-state index is 0.0670. The van der Waals surface area contributed by atoms with Crippen molar-refractivity contribution in [1.29, 1.82) is 0 Å². The van der Waals surface area contributed by atoms with E-state index >= 15 is 0 Å². The minimum Gasteiger partial charge on any atom is -0.444 e. The van der Waals surface area contributed by atoms with E-state index in [0.29, 0.717) is 32.4 Å². The van der Waals surface area contributed by atoms with E-state index in [1.54, 1.807) is 46.4 Å². The number of urea groups is 1. The lowest BCUT2D eigenvalue weighted by Gasteiger charge is -2.41. The molecule has 2 aliphatic carbocycles. The number of hydrogen-bond donors (Lipinski definition) is 4. The molecule has 332 valence electrons. The van der Waals surface area contributed by atoms with E-state index in [-0.39, 0.29) is 37.6 Å². The Kier molecular flexibility index (Phi) is 14.8. The molecule has 0 radical (unpaired) electrons. The van der Waals surface area contributed by atoms with Crippen LogP contribution in [0.2, 0.25) is 0 Å². The second-order valence-electron chi connectivity index (χ2n) is 19.3. The highest BCUT2D eigenvalue weighted by Gasteiger charge is 2.48. The molecule has 6 amide bonds. The van der Waals surface area contributed by atoms with Gasteiger partial charge in [-0.1, -0.05) is 89.6 Å². The van der Waals surface area contributed by atoms with Gasteiger partial charge in [0, 0.05) is 26.1 Å². The molecule has 1 unspecified atom stereocenters. The number of fused-ring (bicyclic) bond motifs is 1. The molecule has 1 aromatic rings. The lowest BCUT2D eigenvalue weighted by Crippen LogP contribution is -2.63. The summed E-state index contributed by atoms with van der Waals surface area (Å²) in [5, 5.41) is 11.1. The van der Waals surface area contributed by atoms with Crippen LogP contribution in [0.3, 0.4) is 0 Å². The van der Waals surface area contributed by atoms with E-state index < -0.39 is 85.4 Å². The van der Waals surface area contributed by atoms with Crippen molar-refractivity contribution < 1.29 is 41.9 Å². The molecule has 4 aliphatic rings. The Morgan fingerprint density at radius 3 is 2.22 bits per heavy atom. The van der Waals surface area contributed by atoms with Crippen LogP contribution >= 0.6 is 0 Å². The molecule has 1 saturated heterocycles. The Labute approximate surface area is 355 Å². The molecule has 15 nitrogen and oxygen atoms in total. The summed E-state index contributed by atoms with van der Waals surface area (Å²) in [6, 6.07) is 3.55. The highest BCUT2D eigenvalue weighted by atomic mass is 32.2. The number of carbonyl (C=O) groups is 6. The zero-order valence-electron chi connectivity index (χ0n) is 36.3. The monoisotopic (exact) mass is 854 g/mol. The van der Waals surface area contributed by atoms with Crippen LogP contribution in [0.1, 0.15) is 117 Å². The number of carbonyl (C=O) groups excluding carboxylic acids is 6. The van der Waals surface area contributed by atoms with E-state index in [0.717, 1.165) is 49.7 Å². The van der Waals surface area contributed by atoms with Crippen LogP contribution in [-0.2, 0) is 46.7 Å². The number of rotatable bonds is 14. The quantitative estimate of drug-likeness (QED) is 0.155. The number of ether oxygens (including phenoxy) is 1. The summed E-state index contributed by atoms with van der Waals surface area (Å²) in [5.41, 5.74) is 0.206. The van der Waals surface area contributed by atoms with Crippen molar-refractivity contribution in [2.45, 2.75) is 153 Å². The lowest BCUT2D eigenvalue weighted by molar-refractivity contribution is -0.144. The molecule has 4 atom stereocenters. The third-order valence-corrected chi connectivity index (χ3v) is 15.3. The van der Waals surface area contributed by atoms with Gasteiger partial charge in [0.15, 0.2) is 9.84 Å². The van der Waals surface area contributed by atoms with Gasteiger partial charge >= 0.3 is 12.1 Å². The number of benzene rings is 1. The number of nitrogens with zero attached hydrogens (tertiary/aromatic N) is 2. The highest BCUT2D eigenvalue weighted by Crippen LogP contribution is 2.34. The van der Waals surface area contributed by atoms with Crippen LogP contribution in [-0.4, -0.2) is 114 Å². The fraction of sp³-hybridized carbons (Fsp3) is 0.682. The van der Waals surface area contributed by atoms with Crippen molar-refractivity contribution in [3.63, 3.8) is 0 Å². The summed E-state index contributed by atoms with van der Waals surface area (Å²) in [7, 11) is -3.64. The van der Waals surface area contributed by atoms with Crippen LogP contribution in [0.15, 0.2) is 36.9 Å². The average Bonchev–Trinajstić information content (AvgIpc) is 3.59. The highest BCUT2D eigenvalue weighted by molar-refractivity contribution is 7.92. The zero-order valence-corrected chi connectivity index (χ0v) is 37.1. The number of ketones is 1. The number of hydrogen-bond acceptors (Lipinski definition) is 9. The smallest absolute Gasteiger partial charge is 0.410 e. The van der Waals surface area contributed by atoms with E-state index in [1.807, 2.05) is 24.3 Å². The van der Waals surface area contributed by atoms with Crippen molar-refractivity contribution in [2.24, 2.45) is 11.3 Å². The van der Waals surface area contributed by atoms with Crippen LogP contribution < -0.4 is 21.3 Å². The van der Waals surface area contributed by atoms with Crippen molar-refractivity contribution in [3.8, 4) is 0 Å². The number of sulfone groups is 1. The Bertz CT molecular complexity index is 1890. The maximum atomic E-state index is 14.8. The first-order chi connectivity index (χ1) is 28.1. The van der Waals surface area contributed by atoms with Gasteiger partial charge in [0.2, 0.25) is 17.6 Å². The van der Waals surface area contributed by atoms with E-state index in [2.05, 4.69) is 27.8 Å². The Morgan fingerprint density at radius 2 is 1.62 bits per heavy atom. The largest absolute Gasteiger partial charge is 0.444 e. The van der Waals surface area contributed by atoms with E-state index in [9.17, 15) is 37.2 Å². The average molecular weight is 855 g/mol. The summed E-state index contributed by atoms with van der Waals surface area (Å²) in [5.74, 6) is -3.08. The van der Waals surface area contributed by atoms with Gasteiger partial charge in [-0.05, 0) is 68.9 Å². The molecule has 60 heavy (non-hydrogen) atoms. The van der Waals surface area contributed by atoms with Crippen LogP contribution in [0.25, 0.3) is 0 Å². The molecular weight excluding hydrogens is 789 g/mol. The Balaban J connectivity index is 1.39. The van der Waals surface area contributed by atoms with Crippen molar-refractivity contribution in [1.82, 2.24) is 31.1 Å². The van der Waals surface area contributed by atoms with Crippen LogP contribution in [0.5, 0.6) is 0 Å². The van der Waals surface area contributed by atoms with E-state index in [1.165, 1.54) is 11.0 Å². The second kappa shape index (κ2) is 19.1. The summed E-state index contributed by atoms with van der Waals surface area (Å²) < 4.78 is 31.9. The van der Waals surface area contributed by atoms with Gasteiger partial charge in [-0.15, -0.1) is 6.58 Å². The molecule has 2 aliphatic heterocycles. The molecule has 16 heteroatoms. The second-order valence-corrected chi connectivity index (χ2v) is 22.0. The van der Waals surface area contributed by atoms with Gasteiger partial charge in [0.05, 0.1) is 28.6 Å². The van der Waals surface area contributed by atoms with Gasteiger partial charge in [-0.3, -0.25) is 19.2 Å². The first-order valence-corrected chi connectivity index (χ1v) is 23.2. The summed E-state index contributed by atoms with van der Waals surface area (Å²) >= 11 is 0. The topological polar surface area (TPSA) is 200 Å². The molecule has 1 aromatic carbocycles. The van der Waals surface area contributed by atoms with Crippen molar-refractivity contribution >= 4 is 45.5 Å². The molecule has 0 bridgehead atoms. The molecule has 2 saturated carbocycles. The summed E-state index contributed by atoms with van der Waals surface area (Å²) in [6.45, 7) is 14.4. The predicted molar refractivity (Wildman–Crippen MR) is 227 cm³/mol. The van der Waals surface area contributed by atoms with Gasteiger partial charge in [0.25, 0.3) is 5.91 Å². The van der Waals surface area contributed by atoms with Gasteiger partial charge in [0.1, 0.15) is 18.2 Å². The van der Waals surface area contributed by atoms with Gasteiger partial charge < -0.3 is 35.8 Å². The molecule has 4 N–H and O–H groups in total. The van der Waals surface area contributed by atoms with E-state index in [4.69, 9.17) is 4.74 Å². The van der Waals surface area contributed by atoms with Crippen molar-refractivity contribution in [2.75, 3.05) is 25.4 Å². The van der Waals surface area contributed by atoms with Crippen molar-refractivity contribution in [3.05, 3.63) is 48.0 Å². The normalized spacial score (nSPS) is 21.6. The van der Waals surface area contributed by atoms with Gasteiger partial charge in [-0.2, -0.15) is 0 Å². The summed E-state index contributed by atoms with van der Waals surface area (Å²) in [4.78, 5) is 86.0. The fourth-order valence-electron chi connectivity index (χ4n) is 8.55. The Morgan fingerprint density at radius 1 is 0.950 bits per heavy atom. The maximum absolute atomic E-state index is 14.8. The number of Topliss-reactive ketones (excluding diaryl/α,β-unsaturated/α-hetero) is 1. The zero-order chi connectivity index (χ0) is 44.0. The SMILES string of the molecule is C=CCNC(=O)C(=O)C(CC1CCC1)NC(=O)[C@@H]1C[C@@H](OC(=O)N2CCc3ccccc3C2)CN1C(=O)[C@@H](NC(=O)NC1(CS(=O)(=O)C(C)(C)C)CCCCC1)C(C)(C)C. The standard InChI is InChI=1S/C44H66N6O9S/c1-8-22-45-38(53)35(51)33(24-29-15-14-16-29)46-37(52)34-25-32(59-41(56)49-23-19-30-17-10-11-18-31(30)26-49)27-50(34)39(54)36(42(2,3)4)47-40(55)48-44(20-12-9-13-21-44)28-60(57,58)43(5,6)7/h8,10-11,17-18,29,32-34,36H,1,9,12-16,19-28H2,2-7H3,(H,45,53)(H,46,52)(H2,47,48,55)/t32-,33?,34+,36-/m1/s1. The van der Waals surface area contributed by atoms with Gasteiger partial charge in [-0.25, -0.2) is 18.0 Å². The lowest BCUT2D eigenvalue weighted by atomic mass is 9.80. The molecule has 0 aromatic heterocycles. The maximum Gasteiger partial charge on any atom is 0.410 e. The third-order valence-electron chi connectivity index (χ3n) is 12.5. The van der Waals surface area contributed by atoms with Crippen LogP contribution in [0, 0.1) is 11.3 Å². The minimum atomic E-state index is -3.64. The summed E-state index contributed by atoms with van der Waals surface area (Å²) in [6.07, 6.45) is 6.73. The number of likely N-dealkylation sites (tertiary alicyclic amines) is 1. The molecule has 3 fully saturated rings. The molecule has 5 rings (SSSR count). The number of nitrogens with one attached hydrogen (secondary N) is 4. The first-order valence-electron chi connectivity index (χ1n) is 21.5. The number of amides is 6. The fourth-order valence-corrected chi connectivity index (χ4v) is 10.1. The predicted octanol–water partition coefficient (Wildman–Crippen LogP) is 4.33.